The van der Waals surface area contributed by atoms with Gasteiger partial charge in [-0.3, -0.25) is 4.79 Å². The molecule has 0 aliphatic carbocycles. The van der Waals surface area contributed by atoms with Crippen LogP contribution in [0, 0.1) is 0 Å². The number of aliphatic hydroxyl groups excluding tert-OH is 1. The smallest absolute Gasteiger partial charge is 0.263 e. The van der Waals surface area contributed by atoms with Crippen LogP contribution in [-0.4, -0.2) is 23.7 Å². The summed E-state index contributed by atoms with van der Waals surface area (Å²) >= 11 is 7.16. The molecular formula is C10H14ClNO2S. The highest BCUT2D eigenvalue weighted by atomic mass is 35.5. The Balaban J connectivity index is 2.46. The molecule has 1 heterocycles. The van der Waals surface area contributed by atoms with Gasteiger partial charge in [-0.2, -0.15) is 0 Å². The van der Waals surface area contributed by atoms with E-state index in [2.05, 4.69) is 5.32 Å². The highest BCUT2D eigenvalue weighted by molar-refractivity contribution is 7.12. The third-order valence-electron chi connectivity index (χ3n) is 2.00. The lowest BCUT2D eigenvalue weighted by Crippen LogP contribution is -2.32. The lowest BCUT2D eigenvalue weighted by molar-refractivity contribution is 0.0940. The molecule has 2 N–H and O–H groups in total. The molecule has 0 radical (unpaired) electrons. The lowest BCUT2D eigenvalue weighted by atomic mass is 10.2. The molecule has 1 rings (SSSR count). The van der Waals surface area contributed by atoms with E-state index in [1.807, 2.05) is 6.92 Å². The van der Waals surface area contributed by atoms with Crippen molar-refractivity contribution in [3.8, 4) is 0 Å². The summed E-state index contributed by atoms with van der Waals surface area (Å²) in [5, 5.41) is 13.8. The van der Waals surface area contributed by atoms with Crippen LogP contribution in [0.3, 0.4) is 0 Å². The number of halogens is 1. The van der Waals surface area contributed by atoms with Crippen LogP contribution >= 0.6 is 22.9 Å². The molecule has 84 valence electrons. The highest BCUT2D eigenvalue weighted by Crippen LogP contribution is 2.21. The second-order valence-corrected chi connectivity index (χ2v) is 4.66. The van der Waals surface area contributed by atoms with Gasteiger partial charge in [0.15, 0.2) is 0 Å². The number of hydrogen-bond acceptors (Lipinski definition) is 3. The van der Waals surface area contributed by atoms with Crippen molar-refractivity contribution >= 4 is 28.8 Å². The van der Waals surface area contributed by atoms with Gasteiger partial charge in [0, 0.05) is 12.6 Å². The molecule has 0 saturated carbocycles. The molecule has 0 fully saturated rings. The predicted octanol–water partition coefficient (Wildman–Crippen LogP) is 2.29. The zero-order valence-electron chi connectivity index (χ0n) is 8.50. The maximum Gasteiger partial charge on any atom is 0.263 e. The van der Waals surface area contributed by atoms with Crippen LogP contribution in [0.15, 0.2) is 11.4 Å². The SMILES string of the molecule is CC(CCCO)NC(=O)c1sccc1Cl. The van der Waals surface area contributed by atoms with Crippen LogP contribution in [-0.2, 0) is 0 Å². The van der Waals surface area contributed by atoms with Gasteiger partial charge in [-0.25, -0.2) is 0 Å². The fourth-order valence-corrected chi connectivity index (χ4v) is 2.26. The van der Waals surface area contributed by atoms with Gasteiger partial charge < -0.3 is 10.4 Å². The van der Waals surface area contributed by atoms with Crippen molar-refractivity contribution in [1.29, 1.82) is 0 Å². The summed E-state index contributed by atoms with van der Waals surface area (Å²) in [6.45, 7) is 2.06. The minimum absolute atomic E-state index is 0.0582. The van der Waals surface area contributed by atoms with Gasteiger partial charge >= 0.3 is 0 Å². The Morgan fingerprint density at radius 2 is 2.47 bits per heavy atom. The van der Waals surface area contributed by atoms with Crippen LogP contribution in [0.2, 0.25) is 5.02 Å². The van der Waals surface area contributed by atoms with Gasteiger partial charge in [-0.1, -0.05) is 11.6 Å². The van der Waals surface area contributed by atoms with E-state index in [4.69, 9.17) is 16.7 Å². The Morgan fingerprint density at radius 1 is 1.73 bits per heavy atom. The molecule has 1 unspecified atom stereocenters. The first kappa shape index (κ1) is 12.5. The second kappa shape index (κ2) is 6.10. The number of carbonyl (C=O) groups excluding carboxylic acids is 1. The molecule has 0 spiro atoms. The summed E-state index contributed by atoms with van der Waals surface area (Å²) in [5.41, 5.74) is 0. The molecule has 1 aromatic heterocycles. The van der Waals surface area contributed by atoms with E-state index < -0.39 is 0 Å². The van der Waals surface area contributed by atoms with E-state index >= 15 is 0 Å². The maximum atomic E-state index is 11.7. The topological polar surface area (TPSA) is 49.3 Å². The summed E-state index contributed by atoms with van der Waals surface area (Å²) in [6.07, 6.45) is 1.46. The average Bonchev–Trinajstić information content (AvgIpc) is 2.61. The Kier molecular flexibility index (Phi) is 5.08. The Labute approximate surface area is 98.1 Å². The number of hydrogen-bond donors (Lipinski definition) is 2. The summed E-state index contributed by atoms with van der Waals surface area (Å²) < 4.78 is 0. The predicted molar refractivity (Wildman–Crippen MR) is 62.6 cm³/mol. The van der Waals surface area contributed by atoms with Gasteiger partial charge in [0.25, 0.3) is 5.91 Å². The van der Waals surface area contributed by atoms with Gasteiger partial charge in [0.2, 0.25) is 0 Å². The Hall–Kier alpha value is -0.580. The molecule has 1 atom stereocenters. The number of thiophene rings is 1. The molecule has 0 bridgehead atoms. The van der Waals surface area contributed by atoms with Crippen LogP contribution in [0.1, 0.15) is 29.4 Å². The monoisotopic (exact) mass is 247 g/mol. The van der Waals surface area contributed by atoms with Gasteiger partial charge in [0.1, 0.15) is 4.88 Å². The summed E-state index contributed by atoms with van der Waals surface area (Å²) in [6, 6.07) is 1.77. The molecule has 5 heteroatoms. The zero-order chi connectivity index (χ0) is 11.3. The first-order chi connectivity index (χ1) is 7.15. The summed E-state index contributed by atoms with van der Waals surface area (Å²) in [4.78, 5) is 12.2. The van der Waals surface area contributed by atoms with Crippen molar-refractivity contribution in [1.82, 2.24) is 5.32 Å². The van der Waals surface area contributed by atoms with E-state index in [1.54, 1.807) is 11.4 Å². The molecule has 0 aromatic carbocycles. The molecule has 0 saturated heterocycles. The molecule has 0 aliphatic rings. The fourth-order valence-electron chi connectivity index (χ4n) is 1.21. The number of aliphatic hydroxyl groups is 1. The first-order valence-corrected chi connectivity index (χ1v) is 6.05. The van der Waals surface area contributed by atoms with Crippen LogP contribution < -0.4 is 5.32 Å². The molecular weight excluding hydrogens is 234 g/mol. The summed E-state index contributed by atoms with van der Waals surface area (Å²) in [7, 11) is 0. The van der Waals surface area contributed by atoms with E-state index in [1.165, 1.54) is 11.3 Å². The quantitative estimate of drug-likeness (QED) is 0.839. The van der Waals surface area contributed by atoms with Crippen LogP contribution in [0.4, 0.5) is 0 Å². The van der Waals surface area contributed by atoms with Crippen molar-refractivity contribution < 1.29 is 9.90 Å². The van der Waals surface area contributed by atoms with Gasteiger partial charge in [0.05, 0.1) is 5.02 Å². The molecule has 1 aromatic rings. The fraction of sp³-hybridized carbons (Fsp3) is 0.500. The minimum atomic E-state index is -0.138. The van der Waals surface area contributed by atoms with Gasteiger partial charge in [-0.15, -0.1) is 11.3 Å². The Morgan fingerprint density at radius 3 is 3.00 bits per heavy atom. The standard InChI is InChI=1S/C10H14ClNO2S/c1-7(3-2-5-13)12-10(14)9-8(11)4-6-15-9/h4,6-7,13H,2-3,5H2,1H3,(H,12,14). The Bertz CT molecular complexity index is 327. The van der Waals surface area contributed by atoms with Crippen molar-refractivity contribution in [3.63, 3.8) is 0 Å². The minimum Gasteiger partial charge on any atom is -0.396 e. The van der Waals surface area contributed by atoms with Crippen molar-refractivity contribution in [2.24, 2.45) is 0 Å². The van der Waals surface area contributed by atoms with Crippen molar-refractivity contribution in [2.45, 2.75) is 25.8 Å². The van der Waals surface area contributed by atoms with Crippen molar-refractivity contribution in [2.75, 3.05) is 6.61 Å². The van der Waals surface area contributed by atoms with Crippen molar-refractivity contribution in [3.05, 3.63) is 21.3 Å². The maximum absolute atomic E-state index is 11.7. The third-order valence-corrected chi connectivity index (χ3v) is 3.34. The molecule has 1 amide bonds. The average molecular weight is 248 g/mol. The zero-order valence-corrected chi connectivity index (χ0v) is 10.1. The number of carbonyl (C=O) groups is 1. The number of nitrogens with one attached hydrogen (secondary N) is 1. The van der Waals surface area contributed by atoms with Crippen LogP contribution in [0.25, 0.3) is 0 Å². The normalized spacial score (nSPS) is 12.5. The van der Waals surface area contributed by atoms with Gasteiger partial charge in [-0.05, 0) is 31.2 Å². The molecule has 0 aliphatic heterocycles. The number of rotatable bonds is 5. The van der Waals surface area contributed by atoms with E-state index in [-0.39, 0.29) is 18.6 Å². The summed E-state index contributed by atoms with van der Waals surface area (Å²) in [5.74, 6) is -0.138. The second-order valence-electron chi connectivity index (χ2n) is 3.34. The van der Waals surface area contributed by atoms with Crippen LogP contribution in [0.5, 0.6) is 0 Å². The molecule has 15 heavy (non-hydrogen) atoms. The number of amides is 1. The first-order valence-electron chi connectivity index (χ1n) is 4.80. The third kappa shape index (κ3) is 3.81. The van der Waals surface area contributed by atoms with E-state index in [0.29, 0.717) is 16.3 Å². The lowest BCUT2D eigenvalue weighted by Gasteiger charge is -2.12. The van der Waals surface area contributed by atoms with E-state index in [0.717, 1.165) is 6.42 Å². The highest BCUT2D eigenvalue weighted by Gasteiger charge is 2.13. The van der Waals surface area contributed by atoms with E-state index in [9.17, 15) is 4.79 Å². The molecule has 3 nitrogen and oxygen atoms in total. The largest absolute Gasteiger partial charge is 0.396 e.